The number of alkyl halides is 6. The van der Waals surface area contributed by atoms with Crippen molar-refractivity contribution in [2.45, 2.75) is 154 Å². The van der Waals surface area contributed by atoms with Gasteiger partial charge in [0.2, 0.25) is 7.59 Å². The minimum atomic E-state index is -2.68. The Labute approximate surface area is 484 Å². The first-order valence-corrected chi connectivity index (χ1v) is 33.5. The second-order valence-electron chi connectivity index (χ2n) is 22.7. The average Bonchev–Trinajstić information content (AvgIpc) is 3.94. The smallest absolute Gasteiger partial charge is 0.416 e. The summed E-state index contributed by atoms with van der Waals surface area (Å²) in [4.78, 5) is 64.1. The highest BCUT2D eigenvalue weighted by atomic mass is 35.6. The van der Waals surface area contributed by atoms with Crippen LogP contribution >= 0.6 is 69.6 Å². The summed E-state index contributed by atoms with van der Waals surface area (Å²) in [6, 6.07) is 5.00. The average molecular weight is 1240 g/mol. The lowest BCUT2D eigenvalue weighted by Crippen LogP contribution is -2.58. The van der Waals surface area contributed by atoms with E-state index in [1.54, 1.807) is 48.3 Å². The van der Waals surface area contributed by atoms with Crippen molar-refractivity contribution in [1.29, 1.82) is 0 Å². The third-order valence-electron chi connectivity index (χ3n) is 15.4. The van der Waals surface area contributed by atoms with Gasteiger partial charge in [-0.05, 0) is 67.7 Å². The molecule has 4 heterocycles. The standard InChI is InChI=1S/C51H74Cl6N4O14Si2/c1-48(2,3)76(11,12)74-44-36-20-30(66-7)26-58(36)42(62)32-22-38(68-9)40(24-34(32)60(44)46(64)72-28-50(52,53)54)70-18-16-15-17-19-71-41-25-35-33(23-39(41)69-10)43(63)59-27-31(67-8)21-37(59)45(75-77(13,14)49(4,5)6)61(35)47(65)73-29-51(55,56)57/h22-25,30-31,36-37,44-45H,15-21,26-29H2,1-14H3/t30?,31?,36-,37-,44-,45-/m0/s1. The summed E-state index contributed by atoms with van der Waals surface area (Å²) in [5.74, 6) is 0.306. The lowest BCUT2D eigenvalue weighted by molar-refractivity contribution is 0.0520. The number of hydrogen-bond acceptors (Lipinski definition) is 14. The lowest BCUT2D eigenvalue weighted by Gasteiger charge is -2.44. The minimum absolute atomic E-state index is 0.152. The summed E-state index contributed by atoms with van der Waals surface area (Å²) in [5.41, 5.74) is 0.650. The molecule has 6 atom stereocenters. The van der Waals surface area contributed by atoms with Crippen LogP contribution in [0.4, 0.5) is 21.0 Å². The predicted octanol–water partition coefficient (Wildman–Crippen LogP) is 12.1. The quantitative estimate of drug-likeness (QED) is 0.0783. The van der Waals surface area contributed by atoms with Crippen LogP contribution in [-0.2, 0) is 27.8 Å². The maximum Gasteiger partial charge on any atom is 0.416 e. The summed E-state index contributed by atoms with van der Waals surface area (Å²) in [7, 11) is 0.724. The maximum atomic E-state index is 14.6. The Morgan fingerprint density at radius 3 is 1.21 bits per heavy atom. The Morgan fingerprint density at radius 1 is 0.558 bits per heavy atom. The van der Waals surface area contributed by atoms with E-state index in [0.29, 0.717) is 32.1 Å². The second kappa shape index (κ2) is 24.7. The van der Waals surface area contributed by atoms with Crippen LogP contribution < -0.4 is 28.7 Å². The number of amides is 4. The molecule has 0 spiro atoms. The molecule has 4 aliphatic rings. The van der Waals surface area contributed by atoms with Gasteiger partial charge in [0.05, 0.1) is 74.2 Å². The van der Waals surface area contributed by atoms with Crippen LogP contribution in [0.1, 0.15) is 94.4 Å². The van der Waals surface area contributed by atoms with Gasteiger partial charge < -0.3 is 56.5 Å². The van der Waals surface area contributed by atoms with E-state index in [0.717, 1.165) is 0 Å². The minimum Gasteiger partial charge on any atom is -0.493 e. The molecular formula is C51H74Cl6N4O14Si2. The van der Waals surface area contributed by atoms with E-state index in [2.05, 4.69) is 67.7 Å². The molecule has 2 saturated heterocycles. The third kappa shape index (κ3) is 14.6. The Kier molecular flexibility index (Phi) is 20.3. The number of nitrogens with zero attached hydrogens (tertiary/aromatic N) is 4. The lowest BCUT2D eigenvalue weighted by atomic mass is 10.1. The van der Waals surface area contributed by atoms with E-state index in [9.17, 15) is 19.2 Å². The number of hydrogen-bond donors (Lipinski definition) is 0. The molecule has 4 aliphatic heterocycles. The van der Waals surface area contributed by atoms with E-state index in [1.165, 1.54) is 24.0 Å². The number of carbonyl (C=O) groups excluding carboxylic acids is 4. The van der Waals surface area contributed by atoms with Crippen LogP contribution in [0.5, 0.6) is 23.0 Å². The van der Waals surface area contributed by atoms with Crippen LogP contribution in [0.3, 0.4) is 0 Å². The molecule has 26 heteroatoms. The number of ether oxygens (including phenoxy) is 8. The van der Waals surface area contributed by atoms with Crippen LogP contribution in [0.15, 0.2) is 24.3 Å². The molecule has 18 nitrogen and oxygen atoms in total. The van der Waals surface area contributed by atoms with E-state index in [-0.39, 0.29) is 106 Å². The number of benzene rings is 2. The fraction of sp³-hybridized carbons (Fsp3) is 0.686. The Morgan fingerprint density at radius 2 is 0.909 bits per heavy atom. The Bertz CT molecular complexity index is 2300. The molecule has 6 rings (SSSR count). The summed E-state index contributed by atoms with van der Waals surface area (Å²) >= 11 is 36.5. The highest BCUT2D eigenvalue weighted by Crippen LogP contribution is 2.48. The van der Waals surface area contributed by atoms with E-state index in [1.807, 2.05) is 0 Å². The monoisotopic (exact) mass is 1230 g/mol. The molecule has 2 fully saturated rings. The SMILES string of the molecule is COc1cc2c(cc1OCCCCCOc1cc3c(cc1OC)C(=O)N1CC(OC)C[C@H]1[C@H](O[Si](C)(C)C(C)(C)C)N3C(=O)OCC(Cl)(Cl)Cl)N(C(=O)OCC(Cl)(Cl)Cl)[C@@H](O[Si](C)(C)C(C)(C)C)[C@@H]1CC(OC)CN1C2=O. The summed E-state index contributed by atoms with van der Waals surface area (Å²) in [6.07, 6.45) is -2.04. The molecule has 2 aromatic carbocycles. The molecule has 0 N–H and O–H groups in total. The van der Waals surface area contributed by atoms with Gasteiger partial charge in [-0.15, -0.1) is 0 Å². The Hall–Kier alpha value is -2.87. The van der Waals surface area contributed by atoms with Gasteiger partial charge in [0.1, 0.15) is 13.2 Å². The zero-order chi connectivity index (χ0) is 57.4. The molecule has 0 saturated carbocycles. The van der Waals surface area contributed by atoms with Gasteiger partial charge in [0.15, 0.2) is 52.1 Å². The summed E-state index contributed by atoms with van der Waals surface area (Å²) in [6.45, 7) is 20.5. The van der Waals surface area contributed by atoms with Gasteiger partial charge in [0.25, 0.3) is 11.8 Å². The van der Waals surface area contributed by atoms with Crippen molar-refractivity contribution in [1.82, 2.24) is 9.80 Å². The molecule has 0 aromatic heterocycles. The zero-order valence-electron chi connectivity index (χ0n) is 46.3. The van der Waals surface area contributed by atoms with Crippen LogP contribution in [-0.4, -0.2) is 163 Å². The van der Waals surface area contributed by atoms with Crippen molar-refractivity contribution >= 4 is 122 Å². The Balaban J connectivity index is 1.25. The van der Waals surface area contributed by atoms with E-state index in [4.69, 9.17) is 116 Å². The number of carbonyl (C=O) groups is 4. The molecule has 432 valence electrons. The number of rotatable bonds is 18. The first kappa shape index (κ1) is 63.3. The predicted molar refractivity (Wildman–Crippen MR) is 304 cm³/mol. The molecule has 0 radical (unpaired) electrons. The van der Waals surface area contributed by atoms with Gasteiger partial charge in [-0.25, -0.2) is 19.4 Å². The summed E-state index contributed by atoms with van der Waals surface area (Å²) in [5, 5.41) is -0.589. The molecule has 4 amide bonds. The van der Waals surface area contributed by atoms with Crippen molar-refractivity contribution < 1.29 is 65.9 Å². The molecule has 77 heavy (non-hydrogen) atoms. The van der Waals surface area contributed by atoms with Crippen LogP contribution in [0, 0.1) is 0 Å². The molecular weight excluding hydrogens is 1160 g/mol. The van der Waals surface area contributed by atoms with Gasteiger partial charge in [-0.1, -0.05) is 111 Å². The number of anilines is 2. The van der Waals surface area contributed by atoms with Crippen molar-refractivity contribution in [3.63, 3.8) is 0 Å². The van der Waals surface area contributed by atoms with Gasteiger partial charge >= 0.3 is 12.2 Å². The normalized spacial score (nSPS) is 22.2. The molecule has 2 unspecified atom stereocenters. The van der Waals surface area contributed by atoms with Crippen molar-refractivity contribution in [2.75, 3.05) is 77.8 Å². The van der Waals surface area contributed by atoms with Crippen LogP contribution in [0.25, 0.3) is 0 Å². The number of fused-ring (bicyclic) bond motifs is 4. The molecule has 2 aromatic rings. The maximum absolute atomic E-state index is 14.6. The van der Waals surface area contributed by atoms with Crippen LogP contribution in [0.2, 0.25) is 36.3 Å². The first-order chi connectivity index (χ1) is 35.7. The van der Waals surface area contributed by atoms with E-state index < -0.39 is 74.2 Å². The highest BCUT2D eigenvalue weighted by molar-refractivity contribution is 6.74. The van der Waals surface area contributed by atoms with Crippen molar-refractivity contribution in [3.05, 3.63) is 35.4 Å². The van der Waals surface area contributed by atoms with E-state index >= 15 is 0 Å². The van der Waals surface area contributed by atoms with Crippen molar-refractivity contribution in [3.8, 4) is 23.0 Å². The second-order valence-corrected chi connectivity index (χ2v) is 37.2. The number of methoxy groups -OCH3 is 4. The summed E-state index contributed by atoms with van der Waals surface area (Å²) < 4.78 is 57.4. The zero-order valence-corrected chi connectivity index (χ0v) is 52.9. The topological polar surface area (TPSA) is 174 Å². The third-order valence-corrected chi connectivity index (χ3v) is 24.9. The van der Waals surface area contributed by atoms with Gasteiger partial charge in [-0.2, -0.15) is 0 Å². The number of unbranched alkanes of at least 4 members (excludes halogenated alkanes) is 2. The number of halogens is 6. The van der Waals surface area contributed by atoms with Gasteiger partial charge in [-0.3, -0.25) is 9.59 Å². The van der Waals surface area contributed by atoms with Crippen molar-refractivity contribution in [2.24, 2.45) is 0 Å². The fourth-order valence-electron chi connectivity index (χ4n) is 9.11. The fourth-order valence-corrected chi connectivity index (χ4v) is 11.9. The molecule has 0 aliphatic carbocycles. The highest BCUT2D eigenvalue weighted by Gasteiger charge is 2.55. The largest absolute Gasteiger partial charge is 0.493 e. The molecule has 0 bridgehead atoms. The van der Waals surface area contributed by atoms with Gasteiger partial charge in [0, 0.05) is 52.3 Å². The first-order valence-electron chi connectivity index (χ1n) is 25.5.